The van der Waals surface area contributed by atoms with Crippen LogP contribution in [0.25, 0.3) is 0 Å². The number of rotatable bonds is 6. The highest BCUT2D eigenvalue weighted by atomic mass is 19.1. The molecular weight excluding hydrogens is 336 g/mol. The van der Waals surface area contributed by atoms with E-state index < -0.39 is 34.0 Å². The summed E-state index contributed by atoms with van der Waals surface area (Å²) in [7, 11) is 0. The van der Waals surface area contributed by atoms with Gasteiger partial charge < -0.3 is 10.4 Å². The number of nitrogens with one attached hydrogen (secondary N) is 1. The molecule has 0 spiro atoms. The molecule has 1 amide bonds. The zero-order valence-corrected chi connectivity index (χ0v) is 13.2. The molecule has 0 fully saturated rings. The third-order valence-electron chi connectivity index (χ3n) is 3.47. The molecule has 0 heterocycles. The first kappa shape index (κ1) is 18.1. The zero-order chi connectivity index (χ0) is 18.6. The van der Waals surface area contributed by atoms with Gasteiger partial charge in [0.15, 0.2) is 11.5 Å². The van der Waals surface area contributed by atoms with E-state index >= 15 is 0 Å². The van der Waals surface area contributed by atoms with Gasteiger partial charge in [-0.3, -0.25) is 15.0 Å². The van der Waals surface area contributed by atoms with Gasteiger partial charge in [0.05, 0.1) is 4.92 Å². The molecule has 2 aromatic rings. The van der Waals surface area contributed by atoms with Crippen molar-refractivity contribution in [2.45, 2.75) is 13.5 Å². The largest absolute Gasteiger partial charge is 0.465 e. The van der Waals surface area contributed by atoms with Crippen molar-refractivity contribution in [3.8, 4) is 0 Å². The van der Waals surface area contributed by atoms with E-state index in [2.05, 4.69) is 5.32 Å². The lowest BCUT2D eigenvalue weighted by Gasteiger charge is -2.18. The molecule has 0 aliphatic heterocycles. The Hall–Kier alpha value is -3.23. The number of anilines is 2. The van der Waals surface area contributed by atoms with Gasteiger partial charge in [0.2, 0.25) is 0 Å². The molecule has 0 radical (unpaired) electrons. The molecule has 7 nitrogen and oxygen atoms in total. The highest BCUT2D eigenvalue weighted by Crippen LogP contribution is 2.34. The van der Waals surface area contributed by atoms with Crippen molar-refractivity contribution in [2.24, 2.45) is 0 Å². The van der Waals surface area contributed by atoms with Crippen LogP contribution in [0.15, 0.2) is 36.4 Å². The first-order chi connectivity index (χ1) is 11.8. The van der Waals surface area contributed by atoms with Crippen LogP contribution in [0.5, 0.6) is 0 Å². The van der Waals surface area contributed by atoms with Crippen LogP contribution in [-0.2, 0) is 6.54 Å². The summed E-state index contributed by atoms with van der Waals surface area (Å²) in [4.78, 5) is 22.1. The molecule has 2 rings (SSSR count). The Morgan fingerprint density at radius 1 is 1.28 bits per heavy atom. The van der Waals surface area contributed by atoms with Crippen molar-refractivity contribution in [2.75, 3.05) is 16.8 Å². The van der Waals surface area contributed by atoms with E-state index in [-0.39, 0.29) is 18.8 Å². The second-order valence-corrected chi connectivity index (χ2v) is 5.09. The van der Waals surface area contributed by atoms with E-state index in [0.29, 0.717) is 10.5 Å². The maximum absolute atomic E-state index is 14.3. The molecule has 9 heteroatoms. The Kier molecular flexibility index (Phi) is 5.48. The Bertz CT molecular complexity index is 797. The standard InChI is InChI=1S/C16H15F2N3O4/c1-2-20(16(22)23)15-13(18)7-12(8-14(15)21(24)25)19-9-10-3-5-11(17)6-4-10/h3-8,19H,2,9H2,1H3,(H,22,23). The zero-order valence-electron chi connectivity index (χ0n) is 13.2. The number of carboxylic acid groups (broad SMARTS) is 1. The van der Waals surface area contributed by atoms with E-state index in [4.69, 9.17) is 5.11 Å². The van der Waals surface area contributed by atoms with Gasteiger partial charge in [-0.25, -0.2) is 13.6 Å². The SMILES string of the molecule is CCN(C(=O)O)c1c(F)cc(NCc2ccc(F)cc2)cc1[N+](=O)[O-]. The number of nitro benzene ring substituents is 1. The van der Waals surface area contributed by atoms with E-state index in [1.165, 1.54) is 31.2 Å². The van der Waals surface area contributed by atoms with Crippen molar-refractivity contribution in [3.05, 3.63) is 63.7 Å². The second kappa shape index (κ2) is 7.56. The van der Waals surface area contributed by atoms with Crippen molar-refractivity contribution in [1.82, 2.24) is 0 Å². The number of benzene rings is 2. The fraction of sp³-hybridized carbons (Fsp3) is 0.188. The number of halogens is 2. The summed E-state index contributed by atoms with van der Waals surface area (Å²) in [6.07, 6.45) is -1.49. The molecule has 2 N–H and O–H groups in total. The minimum Gasteiger partial charge on any atom is -0.465 e. The molecule has 132 valence electrons. The number of nitro groups is 1. The highest BCUT2D eigenvalue weighted by molar-refractivity contribution is 5.90. The number of amides is 1. The topological polar surface area (TPSA) is 95.7 Å². The van der Waals surface area contributed by atoms with Gasteiger partial charge in [0.1, 0.15) is 5.82 Å². The Balaban J connectivity index is 2.33. The predicted molar refractivity (Wildman–Crippen MR) is 87.8 cm³/mol. The fourth-order valence-corrected chi connectivity index (χ4v) is 2.29. The lowest BCUT2D eigenvalue weighted by atomic mass is 10.2. The van der Waals surface area contributed by atoms with Crippen LogP contribution in [0.2, 0.25) is 0 Å². The summed E-state index contributed by atoms with van der Waals surface area (Å²) in [6, 6.07) is 7.60. The maximum Gasteiger partial charge on any atom is 0.412 e. The summed E-state index contributed by atoms with van der Waals surface area (Å²) in [6.45, 7) is 1.49. The third-order valence-corrected chi connectivity index (χ3v) is 3.47. The smallest absolute Gasteiger partial charge is 0.412 e. The van der Waals surface area contributed by atoms with Crippen molar-refractivity contribution < 1.29 is 23.6 Å². The van der Waals surface area contributed by atoms with Gasteiger partial charge in [-0.15, -0.1) is 0 Å². The quantitative estimate of drug-likeness (QED) is 0.606. The van der Waals surface area contributed by atoms with Crippen molar-refractivity contribution >= 4 is 23.2 Å². The normalized spacial score (nSPS) is 10.4. The lowest BCUT2D eigenvalue weighted by Crippen LogP contribution is -2.30. The monoisotopic (exact) mass is 351 g/mol. The van der Waals surface area contributed by atoms with Gasteiger partial charge in [-0.2, -0.15) is 0 Å². The summed E-state index contributed by atoms with van der Waals surface area (Å²) in [5.74, 6) is -1.43. The average molecular weight is 351 g/mol. The van der Waals surface area contributed by atoms with Gasteiger partial charge in [-0.05, 0) is 30.7 Å². The summed E-state index contributed by atoms with van der Waals surface area (Å²) in [5, 5.41) is 23.1. The molecule has 0 saturated heterocycles. The van der Waals surface area contributed by atoms with Crippen LogP contribution in [0, 0.1) is 21.7 Å². The van der Waals surface area contributed by atoms with Crippen molar-refractivity contribution in [1.29, 1.82) is 0 Å². The molecule has 0 unspecified atom stereocenters. The molecule has 0 aliphatic rings. The Morgan fingerprint density at radius 2 is 1.92 bits per heavy atom. The van der Waals surface area contributed by atoms with Crippen molar-refractivity contribution in [3.63, 3.8) is 0 Å². The van der Waals surface area contributed by atoms with Crippen LogP contribution in [0.4, 0.5) is 30.6 Å². The molecule has 25 heavy (non-hydrogen) atoms. The average Bonchev–Trinajstić information content (AvgIpc) is 2.56. The number of nitrogens with zero attached hydrogens (tertiary/aromatic N) is 2. The molecule has 0 bridgehead atoms. The summed E-state index contributed by atoms with van der Waals surface area (Å²) < 4.78 is 27.2. The van der Waals surface area contributed by atoms with Crippen LogP contribution >= 0.6 is 0 Å². The van der Waals surface area contributed by atoms with Gasteiger partial charge in [-0.1, -0.05) is 12.1 Å². The summed E-state index contributed by atoms with van der Waals surface area (Å²) >= 11 is 0. The van der Waals surface area contributed by atoms with Crippen LogP contribution in [0.1, 0.15) is 12.5 Å². The molecular formula is C16H15F2N3O4. The molecule has 2 aromatic carbocycles. The number of hydrogen-bond acceptors (Lipinski definition) is 4. The Morgan fingerprint density at radius 3 is 2.44 bits per heavy atom. The minimum absolute atomic E-state index is 0.110. The predicted octanol–water partition coefficient (Wildman–Crippen LogP) is 3.99. The van der Waals surface area contributed by atoms with Gasteiger partial charge >= 0.3 is 6.09 Å². The Labute approximate surface area is 141 Å². The van der Waals surface area contributed by atoms with Gasteiger partial charge in [0, 0.05) is 24.8 Å². The summed E-state index contributed by atoms with van der Waals surface area (Å²) in [5.41, 5.74) is -0.467. The van der Waals surface area contributed by atoms with Gasteiger partial charge in [0.25, 0.3) is 5.69 Å². The van der Waals surface area contributed by atoms with E-state index in [9.17, 15) is 23.7 Å². The van der Waals surface area contributed by atoms with Crippen LogP contribution in [-0.4, -0.2) is 22.7 Å². The molecule has 0 saturated carbocycles. The first-order valence-corrected chi connectivity index (χ1v) is 7.30. The number of carbonyl (C=O) groups is 1. The highest BCUT2D eigenvalue weighted by Gasteiger charge is 2.28. The van der Waals surface area contributed by atoms with E-state index in [1.54, 1.807) is 0 Å². The van der Waals surface area contributed by atoms with E-state index in [1.807, 2.05) is 0 Å². The lowest BCUT2D eigenvalue weighted by molar-refractivity contribution is -0.384. The third kappa shape index (κ3) is 4.19. The first-order valence-electron chi connectivity index (χ1n) is 7.30. The number of hydrogen-bond donors (Lipinski definition) is 2. The molecule has 0 aliphatic carbocycles. The minimum atomic E-state index is -1.49. The maximum atomic E-state index is 14.3. The fourth-order valence-electron chi connectivity index (χ4n) is 2.29. The molecule has 0 aromatic heterocycles. The van der Waals surface area contributed by atoms with E-state index in [0.717, 1.165) is 12.1 Å². The second-order valence-electron chi connectivity index (χ2n) is 5.09. The van der Waals surface area contributed by atoms with Crippen LogP contribution in [0.3, 0.4) is 0 Å². The van der Waals surface area contributed by atoms with Crippen LogP contribution < -0.4 is 10.2 Å². The molecule has 0 atom stereocenters.